The third kappa shape index (κ3) is 4.17. The van der Waals surface area contributed by atoms with Crippen molar-refractivity contribution in [1.82, 2.24) is 0 Å². The highest BCUT2D eigenvalue weighted by Gasteiger charge is 2.40. The summed E-state index contributed by atoms with van der Waals surface area (Å²) in [6.45, 7) is 0. The summed E-state index contributed by atoms with van der Waals surface area (Å²) in [6, 6.07) is 6.20. The lowest BCUT2D eigenvalue weighted by atomic mass is 10.3. The standard InChI is InChI=1S/C8H10O6P2S2/c1-18-7-4-2-3-6(5-7)14-16(12,13)8(17)15(9,10)11/h2-5H,1H3,(H,12,13)(H2,9,10,11). The molecule has 0 saturated carbocycles. The van der Waals surface area contributed by atoms with E-state index >= 15 is 0 Å². The fraction of sp³-hybridized carbons (Fsp3) is 0.125. The number of hydrogen-bond donors (Lipinski definition) is 3. The lowest BCUT2D eigenvalue weighted by molar-refractivity contribution is 0.384. The van der Waals surface area contributed by atoms with E-state index in [-0.39, 0.29) is 5.75 Å². The second-order valence-electron chi connectivity index (χ2n) is 3.12. The minimum atomic E-state index is -4.95. The van der Waals surface area contributed by atoms with Crippen molar-refractivity contribution in [1.29, 1.82) is 0 Å². The summed E-state index contributed by atoms with van der Waals surface area (Å²) in [5.41, 5.74) is 0. The molecule has 0 aliphatic carbocycles. The van der Waals surface area contributed by atoms with Gasteiger partial charge in [0.25, 0.3) is 0 Å². The second-order valence-corrected chi connectivity index (χ2v) is 8.57. The van der Waals surface area contributed by atoms with Gasteiger partial charge in [0.15, 0.2) is 0 Å². The van der Waals surface area contributed by atoms with E-state index in [1.165, 1.54) is 23.9 Å². The number of benzene rings is 1. The van der Waals surface area contributed by atoms with Crippen molar-refractivity contribution in [2.45, 2.75) is 4.90 Å². The Bertz CT molecular complexity index is 554. The molecule has 0 aliphatic heterocycles. The van der Waals surface area contributed by atoms with Gasteiger partial charge in [-0.1, -0.05) is 18.3 Å². The quantitative estimate of drug-likeness (QED) is 0.430. The van der Waals surface area contributed by atoms with Crippen LogP contribution in [0.25, 0.3) is 0 Å². The van der Waals surface area contributed by atoms with E-state index in [9.17, 15) is 14.0 Å². The zero-order chi connectivity index (χ0) is 14.0. The van der Waals surface area contributed by atoms with Gasteiger partial charge < -0.3 is 19.2 Å². The van der Waals surface area contributed by atoms with Gasteiger partial charge in [-0.05, 0) is 24.5 Å². The fourth-order valence-corrected chi connectivity index (χ4v) is 3.48. The third-order valence-electron chi connectivity index (χ3n) is 1.76. The monoisotopic (exact) mass is 328 g/mol. The zero-order valence-corrected chi connectivity index (χ0v) is 12.5. The van der Waals surface area contributed by atoms with Gasteiger partial charge in [0, 0.05) is 4.90 Å². The lowest BCUT2D eigenvalue weighted by Crippen LogP contribution is -2.03. The molecule has 3 N–H and O–H groups in total. The first-order valence-electron chi connectivity index (χ1n) is 4.44. The molecule has 0 fully saturated rings. The Balaban J connectivity index is 2.99. The summed E-state index contributed by atoms with van der Waals surface area (Å²) in [5.74, 6) is 0.0171. The van der Waals surface area contributed by atoms with E-state index in [0.29, 0.717) is 0 Å². The SMILES string of the molecule is CSc1cccc(OP(=O)(O)C(=S)P(=O)(O)O)c1. The molecule has 6 nitrogen and oxygen atoms in total. The first-order valence-corrected chi connectivity index (χ1v) is 9.26. The van der Waals surface area contributed by atoms with Gasteiger partial charge in [-0.25, -0.2) is 4.57 Å². The molecule has 0 amide bonds. The van der Waals surface area contributed by atoms with Crippen molar-refractivity contribution >= 4 is 43.5 Å². The molecule has 0 saturated heterocycles. The van der Waals surface area contributed by atoms with Crippen LogP contribution in [0.15, 0.2) is 29.2 Å². The van der Waals surface area contributed by atoms with E-state index < -0.39 is 19.5 Å². The first kappa shape index (κ1) is 15.9. The van der Waals surface area contributed by atoms with Crippen LogP contribution in [-0.4, -0.2) is 25.3 Å². The van der Waals surface area contributed by atoms with Gasteiger partial charge in [0.2, 0.25) is 4.35 Å². The molecule has 1 aromatic rings. The van der Waals surface area contributed by atoms with E-state index in [2.05, 4.69) is 12.2 Å². The van der Waals surface area contributed by atoms with Crippen LogP contribution in [0.5, 0.6) is 5.75 Å². The molecule has 1 rings (SSSR count). The lowest BCUT2D eigenvalue weighted by Gasteiger charge is -2.15. The van der Waals surface area contributed by atoms with E-state index in [1.54, 1.807) is 18.4 Å². The molecule has 0 aromatic heterocycles. The van der Waals surface area contributed by atoms with Crippen molar-refractivity contribution in [3.05, 3.63) is 24.3 Å². The van der Waals surface area contributed by atoms with Crippen molar-refractivity contribution in [3.63, 3.8) is 0 Å². The highest BCUT2D eigenvalue weighted by molar-refractivity contribution is 8.16. The van der Waals surface area contributed by atoms with Crippen molar-refractivity contribution in [2.75, 3.05) is 6.26 Å². The number of thiocarbonyl (C=S) groups is 1. The van der Waals surface area contributed by atoms with Gasteiger partial charge in [-0.3, -0.25) is 4.57 Å². The largest absolute Gasteiger partial charge is 0.427 e. The van der Waals surface area contributed by atoms with Gasteiger partial charge in [-0.2, -0.15) is 0 Å². The van der Waals surface area contributed by atoms with E-state index in [1.807, 2.05) is 0 Å². The summed E-state index contributed by atoms with van der Waals surface area (Å²) in [4.78, 5) is 27.7. The van der Waals surface area contributed by atoms with Crippen molar-refractivity contribution in [3.8, 4) is 5.75 Å². The van der Waals surface area contributed by atoms with Crippen molar-refractivity contribution in [2.24, 2.45) is 0 Å². The van der Waals surface area contributed by atoms with Crippen LogP contribution in [0.4, 0.5) is 0 Å². The molecule has 0 heterocycles. The Kier molecular flexibility index (Phi) is 5.14. The summed E-state index contributed by atoms with van der Waals surface area (Å²) in [7, 11) is -9.64. The maximum absolute atomic E-state index is 11.6. The molecule has 0 bridgehead atoms. The Labute approximate surface area is 113 Å². The fourth-order valence-electron chi connectivity index (χ4n) is 1.00. The summed E-state index contributed by atoms with van der Waals surface area (Å²) in [6.07, 6.45) is 1.80. The molecule has 18 heavy (non-hydrogen) atoms. The minimum Gasteiger partial charge on any atom is -0.421 e. The smallest absolute Gasteiger partial charge is 0.421 e. The maximum Gasteiger partial charge on any atom is 0.427 e. The highest BCUT2D eigenvalue weighted by Crippen LogP contribution is 2.58. The van der Waals surface area contributed by atoms with Gasteiger partial charge in [0.1, 0.15) is 5.75 Å². The van der Waals surface area contributed by atoms with Crippen LogP contribution in [0.2, 0.25) is 0 Å². The van der Waals surface area contributed by atoms with E-state index in [0.717, 1.165) is 4.90 Å². The molecule has 1 unspecified atom stereocenters. The summed E-state index contributed by atoms with van der Waals surface area (Å²) >= 11 is 5.67. The topological polar surface area (TPSA) is 104 Å². The first-order chi connectivity index (χ1) is 8.16. The number of hydrogen-bond acceptors (Lipinski definition) is 5. The Morgan fingerprint density at radius 3 is 2.44 bits per heavy atom. The molecule has 0 spiro atoms. The number of thioether (sulfide) groups is 1. The summed E-state index contributed by atoms with van der Waals surface area (Å²) < 4.78 is 25.9. The number of rotatable bonds is 5. The molecular formula is C8H10O6P2S2. The molecule has 0 radical (unpaired) electrons. The zero-order valence-electron chi connectivity index (χ0n) is 9.09. The normalized spacial score (nSPS) is 14.9. The minimum absolute atomic E-state index is 0.0171. The van der Waals surface area contributed by atoms with Crippen LogP contribution in [0, 0.1) is 0 Å². The third-order valence-corrected chi connectivity index (χ3v) is 6.87. The molecular weight excluding hydrogens is 318 g/mol. The molecule has 10 heteroatoms. The van der Waals surface area contributed by atoms with Crippen molar-refractivity contribution < 1.29 is 28.3 Å². The Hall–Kier alpha value is -0.200. The molecule has 1 aromatic carbocycles. The maximum atomic E-state index is 11.6. The second kappa shape index (κ2) is 5.84. The predicted molar refractivity (Wildman–Crippen MR) is 73.3 cm³/mol. The van der Waals surface area contributed by atoms with Crippen LogP contribution < -0.4 is 4.52 Å². The van der Waals surface area contributed by atoms with Crippen LogP contribution in [0.3, 0.4) is 0 Å². The highest BCUT2D eigenvalue weighted by atomic mass is 32.2. The molecule has 100 valence electrons. The predicted octanol–water partition coefficient (Wildman–Crippen LogP) is 2.44. The van der Waals surface area contributed by atoms with Gasteiger partial charge in [-0.15, -0.1) is 11.8 Å². The average Bonchev–Trinajstić information content (AvgIpc) is 2.26. The Morgan fingerprint density at radius 1 is 1.33 bits per heavy atom. The van der Waals surface area contributed by atoms with Crippen LogP contribution >= 0.6 is 39.2 Å². The van der Waals surface area contributed by atoms with Gasteiger partial charge in [0.05, 0.1) is 0 Å². The van der Waals surface area contributed by atoms with Crippen LogP contribution in [-0.2, 0) is 9.13 Å². The molecule has 0 aliphatic rings. The Morgan fingerprint density at radius 2 is 1.94 bits per heavy atom. The summed E-state index contributed by atoms with van der Waals surface area (Å²) in [5, 5.41) is 0. The van der Waals surface area contributed by atoms with Gasteiger partial charge >= 0.3 is 15.2 Å². The van der Waals surface area contributed by atoms with Crippen LogP contribution in [0.1, 0.15) is 0 Å². The average molecular weight is 328 g/mol. The molecule has 1 atom stereocenters. The van der Waals surface area contributed by atoms with E-state index in [4.69, 9.17) is 14.3 Å².